The van der Waals surface area contributed by atoms with Crippen molar-refractivity contribution in [2.75, 3.05) is 36.0 Å². The van der Waals surface area contributed by atoms with Gasteiger partial charge in [0.05, 0.1) is 12.2 Å². The van der Waals surface area contributed by atoms with Gasteiger partial charge in [-0.1, -0.05) is 23.5 Å². The number of hydrogen-bond donors (Lipinski definition) is 2. The van der Waals surface area contributed by atoms with E-state index in [0.717, 1.165) is 30.1 Å². The summed E-state index contributed by atoms with van der Waals surface area (Å²) in [4.78, 5) is 20.8. The Morgan fingerprint density at radius 3 is 2.57 bits per heavy atom. The van der Waals surface area contributed by atoms with Crippen molar-refractivity contribution >= 4 is 40.1 Å². The topological polar surface area (TPSA) is 68.7 Å². The normalized spacial score (nSPS) is 14.6. The van der Waals surface area contributed by atoms with Crippen molar-refractivity contribution < 1.29 is 27.5 Å². The van der Waals surface area contributed by atoms with Crippen molar-refractivity contribution in [1.82, 2.24) is 9.71 Å². The molecular formula is C23H22F4N4O2S2. The Bertz CT molecular complexity index is 1210. The molecule has 2 heterocycles. The summed E-state index contributed by atoms with van der Waals surface area (Å²) in [5.41, 5.74) is 1.83. The number of nitrogens with one attached hydrogen (secondary N) is 1. The summed E-state index contributed by atoms with van der Waals surface area (Å²) in [6.45, 7) is 0.711. The molecule has 1 aliphatic rings. The highest BCUT2D eigenvalue weighted by Crippen LogP contribution is 2.35. The Morgan fingerprint density at radius 1 is 1.14 bits per heavy atom. The molecule has 0 bridgehead atoms. The summed E-state index contributed by atoms with van der Waals surface area (Å²) >= 11 is 2.19. The smallest absolute Gasteiger partial charge is 0.330 e. The molecule has 6 nitrogen and oxygen atoms in total. The van der Waals surface area contributed by atoms with Crippen LogP contribution in [0.2, 0.25) is 0 Å². The molecule has 186 valence electrons. The number of urea groups is 1. The van der Waals surface area contributed by atoms with Crippen molar-refractivity contribution in [3.8, 4) is 11.1 Å². The molecule has 1 aliphatic heterocycles. The fraction of sp³-hybridized carbons (Fsp3) is 0.304. The average Bonchev–Trinajstić information content (AvgIpc) is 3.21. The summed E-state index contributed by atoms with van der Waals surface area (Å²) < 4.78 is 57.3. The van der Waals surface area contributed by atoms with E-state index in [2.05, 4.69) is 9.71 Å². The lowest BCUT2D eigenvalue weighted by Crippen LogP contribution is -2.49. The number of nitrogens with zero attached hydrogens (tertiary/aromatic N) is 3. The van der Waals surface area contributed by atoms with Gasteiger partial charge in [0.1, 0.15) is 22.5 Å². The van der Waals surface area contributed by atoms with Gasteiger partial charge in [-0.3, -0.25) is 14.5 Å². The number of aliphatic hydroxyl groups excluding tert-OH is 1. The van der Waals surface area contributed by atoms with E-state index in [0.29, 0.717) is 45.8 Å². The molecule has 0 saturated carbocycles. The van der Waals surface area contributed by atoms with Crippen LogP contribution in [0.4, 0.5) is 33.2 Å². The van der Waals surface area contributed by atoms with Gasteiger partial charge in [0.25, 0.3) is 5.92 Å². The van der Waals surface area contributed by atoms with Crippen LogP contribution in [0, 0.1) is 18.6 Å². The van der Waals surface area contributed by atoms with Crippen LogP contribution in [0.1, 0.15) is 12.1 Å². The predicted octanol–water partition coefficient (Wildman–Crippen LogP) is 5.46. The molecule has 4 rings (SSSR count). The van der Waals surface area contributed by atoms with Gasteiger partial charge in [-0.2, -0.15) is 0 Å². The van der Waals surface area contributed by atoms with Crippen LogP contribution in [-0.2, 0) is 0 Å². The number of aromatic nitrogens is 1. The minimum atomic E-state index is -3.23. The number of benzene rings is 2. The molecule has 0 spiro atoms. The van der Waals surface area contributed by atoms with E-state index >= 15 is 0 Å². The van der Waals surface area contributed by atoms with Crippen molar-refractivity contribution in [1.29, 1.82) is 0 Å². The molecule has 0 atom stereocenters. The molecule has 35 heavy (non-hydrogen) atoms. The molecule has 2 amide bonds. The van der Waals surface area contributed by atoms with Gasteiger partial charge in [0.2, 0.25) is 0 Å². The van der Waals surface area contributed by atoms with Crippen LogP contribution in [0.5, 0.6) is 0 Å². The lowest BCUT2D eigenvalue weighted by molar-refractivity contribution is -0.0432. The molecule has 3 aromatic rings. The van der Waals surface area contributed by atoms with Gasteiger partial charge < -0.3 is 5.11 Å². The molecule has 0 radical (unpaired) electrons. The van der Waals surface area contributed by atoms with E-state index in [-0.39, 0.29) is 11.6 Å². The number of halogens is 4. The lowest BCUT2D eigenvalue weighted by Gasteiger charge is -2.34. The van der Waals surface area contributed by atoms with Crippen LogP contribution in [0.3, 0.4) is 0 Å². The Hall–Kier alpha value is -2.67. The highest BCUT2D eigenvalue weighted by atomic mass is 32.2. The number of alkyl halides is 2. The Labute approximate surface area is 207 Å². The fourth-order valence-corrected chi connectivity index (χ4v) is 5.52. The maximum Gasteiger partial charge on any atom is 0.330 e. The second kappa shape index (κ2) is 10.5. The van der Waals surface area contributed by atoms with E-state index in [1.807, 2.05) is 0 Å². The number of thiazole rings is 1. The van der Waals surface area contributed by atoms with Crippen LogP contribution < -0.4 is 14.5 Å². The van der Waals surface area contributed by atoms with Crippen LogP contribution in [0.15, 0.2) is 46.7 Å². The zero-order chi connectivity index (χ0) is 25.2. The average molecular weight is 527 g/mol. The zero-order valence-corrected chi connectivity index (χ0v) is 20.2. The maximum absolute atomic E-state index is 14.1. The molecule has 0 aliphatic carbocycles. The number of carbonyl (C=O) groups excluding carboxylic acids is 1. The highest BCUT2D eigenvalue weighted by Gasteiger charge is 2.31. The third-order valence-electron chi connectivity index (χ3n) is 5.34. The SMILES string of the molecule is Cc1nc(N2CCCN(c3ccc(-c4cc(F)ccc4F)cc3)C2=O)sc1SNCC(F)(F)CO. The van der Waals surface area contributed by atoms with Gasteiger partial charge in [0, 0.05) is 24.3 Å². The van der Waals surface area contributed by atoms with Crippen molar-refractivity contribution in [3.63, 3.8) is 0 Å². The predicted molar refractivity (Wildman–Crippen MR) is 129 cm³/mol. The monoisotopic (exact) mass is 526 g/mol. The molecule has 1 fully saturated rings. The standard InChI is InChI=1S/C23H22F4N4O2S2/c1-14-20(35-28-12-23(26,27)13-32)34-21(29-14)31-10-2-9-30(22(31)33)17-6-3-15(4-7-17)18-11-16(24)5-8-19(18)25/h3-8,11,28,32H,2,9-10,12-13H2,1H3. The second-order valence-electron chi connectivity index (χ2n) is 7.92. The van der Waals surface area contributed by atoms with E-state index in [1.54, 1.807) is 36.1 Å². The van der Waals surface area contributed by atoms with Crippen molar-refractivity contribution in [3.05, 3.63) is 59.8 Å². The highest BCUT2D eigenvalue weighted by molar-refractivity contribution is 7.99. The first-order chi connectivity index (χ1) is 16.7. The Morgan fingerprint density at radius 2 is 1.86 bits per heavy atom. The van der Waals surface area contributed by atoms with E-state index in [4.69, 9.17) is 5.11 Å². The number of anilines is 2. The van der Waals surface area contributed by atoms with Crippen molar-refractivity contribution in [2.24, 2.45) is 0 Å². The Balaban J connectivity index is 1.48. The largest absolute Gasteiger partial charge is 0.390 e. The van der Waals surface area contributed by atoms with Crippen molar-refractivity contribution in [2.45, 2.75) is 23.5 Å². The first-order valence-corrected chi connectivity index (χ1v) is 12.3. The van der Waals surface area contributed by atoms with E-state index < -0.39 is 30.7 Å². The molecule has 1 saturated heterocycles. The summed E-state index contributed by atoms with van der Waals surface area (Å²) in [5.74, 6) is -4.31. The van der Waals surface area contributed by atoms with Crippen LogP contribution >= 0.6 is 23.3 Å². The summed E-state index contributed by atoms with van der Waals surface area (Å²) in [7, 11) is 0. The van der Waals surface area contributed by atoms with E-state index in [9.17, 15) is 22.4 Å². The number of aliphatic hydroxyl groups is 1. The third kappa shape index (κ3) is 5.77. The summed E-state index contributed by atoms with van der Waals surface area (Å²) in [5, 5.41) is 9.13. The maximum atomic E-state index is 14.1. The minimum absolute atomic E-state index is 0.136. The first kappa shape index (κ1) is 25.4. The quantitative estimate of drug-likeness (QED) is 0.302. The van der Waals surface area contributed by atoms with Gasteiger partial charge in [0.15, 0.2) is 5.13 Å². The zero-order valence-electron chi connectivity index (χ0n) is 18.6. The van der Waals surface area contributed by atoms with Gasteiger partial charge in [-0.25, -0.2) is 27.3 Å². The fourth-order valence-electron chi connectivity index (χ4n) is 3.52. The van der Waals surface area contributed by atoms with Crippen LogP contribution in [0.25, 0.3) is 11.1 Å². The molecule has 0 unspecified atom stereocenters. The van der Waals surface area contributed by atoms with Gasteiger partial charge in [-0.15, -0.1) is 0 Å². The van der Waals surface area contributed by atoms with Crippen LogP contribution in [-0.4, -0.2) is 48.3 Å². The summed E-state index contributed by atoms with van der Waals surface area (Å²) in [6.07, 6.45) is 0.675. The lowest BCUT2D eigenvalue weighted by atomic mass is 10.0. The minimum Gasteiger partial charge on any atom is -0.390 e. The number of amides is 2. The molecule has 2 N–H and O–H groups in total. The molecule has 12 heteroatoms. The third-order valence-corrected chi connectivity index (χ3v) is 7.59. The Kier molecular flexibility index (Phi) is 7.64. The number of rotatable bonds is 8. The molecule has 2 aromatic carbocycles. The first-order valence-electron chi connectivity index (χ1n) is 10.7. The van der Waals surface area contributed by atoms with Gasteiger partial charge in [-0.05, 0) is 61.2 Å². The number of carbonyl (C=O) groups is 1. The second-order valence-corrected chi connectivity index (χ2v) is 10.1. The molecular weight excluding hydrogens is 504 g/mol. The molecule has 1 aromatic heterocycles. The van der Waals surface area contributed by atoms with E-state index in [1.165, 1.54) is 16.2 Å². The number of aryl methyl sites for hydroxylation is 1. The summed E-state index contributed by atoms with van der Waals surface area (Å²) in [6, 6.07) is 9.59. The van der Waals surface area contributed by atoms with Gasteiger partial charge >= 0.3 is 6.03 Å². The number of hydrogen-bond acceptors (Lipinski definition) is 6.